The van der Waals surface area contributed by atoms with E-state index >= 15 is 0 Å². The first-order chi connectivity index (χ1) is 12.9. The average Bonchev–Trinajstić information content (AvgIpc) is 2.67. The van der Waals surface area contributed by atoms with Crippen LogP contribution in [0.4, 0.5) is 0 Å². The number of rotatable bonds is 4. The van der Waals surface area contributed by atoms with Crippen LogP contribution in [0.15, 0.2) is 36.4 Å². The third kappa shape index (κ3) is 4.70. The molecule has 1 unspecified atom stereocenters. The monoisotopic (exact) mass is 366 g/mol. The minimum absolute atomic E-state index is 0.0858. The summed E-state index contributed by atoms with van der Waals surface area (Å²) in [5, 5.41) is 0. The van der Waals surface area contributed by atoms with E-state index in [9.17, 15) is 9.59 Å². The molecular weight excluding hydrogens is 340 g/mol. The quantitative estimate of drug-likeness (QED) is 0.834. The van der Waals surface area contributed by atoms with Crippen LogP contribution in [0.2, 0.25) is 0 Å². The Labute approximate surface area is 160 Å². The lowest BCUT2D eigenvalue weighted by molar-refractivity contribution is 0.0672. The summed E-state index contributed by atoms with van der Waals surface area (Å²) in [6.07, 6.45) is 2.78. The highest BCUT2D eigenvalue weighted by molar-refractivity contribution is 5.94. The number of carbonyl (C=O) groups excluding carboxylic acids is 2. The topological polar surface area (TPSA) is 66.4 Å². The fraction of sp³-hybridized carbons (Fsp3) is 0.429. The van der Waals surface area contributed by atoms with Crippen LogP contribution < -0.4 is 0 Å². The Balaban J connectivity index is 1.71. The number of aromatic nitrogens is 2. The van der Waals surface area contributed by atoms with Crippen LogP contribution in [0, 0.1) is 12.8 Å². The maximum Gasteiger partial charge on any atom is 0.272 e. The van der Waals surface area contributed by atoms with Gasteiger partial charge in [-0.3, -0.25) is 9.59 Å². The smallest absolute Gasteiger partial charge is 0.272 e. The van der Waals surface area contributed by atoms with E-state index in [0.717, 1.165) is 37.1 Å². The molecule has 0 spiro atoms. The second-order valence-electron chi connectivity index (χ2n) is 7.32. The summed E-state index contributed by atoms with van der Waals surface area (Å²) in [6.45, 7) is 3.31. The molecule has 6 nitrogen and oxygen atoms in total. The Morgan fingerprint density at radius 2 is 1.93 bits per heavy atom. The molecule has 2 heterocycles. The number of piperidine rings is 1. The highest BCUT2D eigenvalue weighted by Gasteiger charge is 2.25. The van der Waals surface area contributed by atoms with Gasteiger partial charge in [-0.1, -0.05) is 18.2 Å². The molecule has 0 bridgehead atoms. The van der Waals surface area contributed by atoms with Crippen LogP contribution in [0.5, 0.6) is 0 Å². The maximum absolute atomic E-state index is 12.7. The van der Waals surface area contributed by atoms with Crippen molar-refractivity contribution in [3.8, 4) is 0 Å². The summed E-state index contributed by atoms with van der Waals surface area (Å²) in [6, 6.07) is 11.2. The van der Waals surface area contributed by atoms with Gasteiger partial charge in [0.25, 0.3) is 11.8 Å². The number of amides is 2. The molecule has 0 saturated carbocycles. The number of aryl methyl sites for hydroxylation is 1. The van der Waals surface area contributed by atoms with E-state index in [1.165, 1.54) is 4.90 Å². The Kier molecular flexibility index (Phi) is 5.84. The highest BCUT2D eigenvalue weighted by Crippen LogP contribution is 2.22. The van der Waals surface area contributed by atoms with Crippen molar-refractivity contribution in [2.45, 2.75) is 26.2 Å². The third-order valence-electron chi connectivity index (χ3n) is 4.84. The third-order valence-corrected chi connectivity index (χ3v) is 4.84. The van der Waals surface area contributed by atoms with Gasteiger partial charge in [0, 0.05) is 38.4 Å². The van der Waals surface area contributed by atoms with E-state index in [-0.39, 0.29) is 11.8 Å². The Hall–Kier alpha value is -2.76. The van der Waals surface area contributed by atoms with Crippen molar-refractivity contribution in [1.82, 2.24) is 19.8 Å². The number of nitrogens with zero attached hydrogens (tertiary/aromatic N) is 4. The molecule has 1 saturated heterocycles. The van der Waals surface area contributed by atoms with Gasteiger partial charge in [-0.05, 0) is 50.3 Å². The molecular formula is C21H26N4O2. The summed E-state index contributed by atoms with van der Waals surface area (Å²) in [4.78, 5) is 37.2. The molecule has 6 heteroatoms. The van der Waals surface area contributed by atoms with Gasteiger partial charge in [-0.25, -0.2) is 9.97 Å². The van der Waals surface area contributed by atoms with E-state index in [0.29, 0.717) is 24.0 Å². The SMILES string of the molecule is Cc1nc(CC2CCCN(C(=O)c3ccccc3)C2)cc(C(=O)N(C)C)n1. The molecule has 1 aliphatic heterocycles. The van der Waals surface area contributed by atoms with Gasteiger partial charge in [-0.2, -0.15) is 0 Å². The summed E-state index contributed by atoms with van der Waals surface area (Å²) < 4.78 is 0. The Bertz CT molecular complexity index is 820. The normalized spacial score (nSPS) is 16.9. The summed E-state index contributed by atoms with van der Waals surface area (Å²) in [5.41, 5.74) is 2.03. The second kappa shape index (κ2) is 8.29. The van der Waals surface area contributed by atoms with Crippen LogP contribution >= 0.6 is 0 Å². The van der Waals surface area contributed by atoms with E-state index in [4.69, 9.17) is 0 Å². The number of likely N-dealkylation sites (tertiary alicyclic amines) is 1. The van der Waals surface area contributed by atoms with Gasteiger partial charge in [0.15, 0.2) is 0 Å². The molecule has 142 valence electrons. The number of carbonyl (C=O) groups is 2. The van der Waals surface area contributed by atoms with E-state index in [1.54, 1.807) is 20.2 Å². The first-order valence-corrected chi connectivity index (χ1v) is 9.34. The molecule has 0 N–H and O–H groups in total. The van der Waals surface area contributed by atoms with Crippen LogP contribution in [-0.4, -0.2) is 58.8 Å². The minimum Gasteiger partial charge on any atom is -0.343 e. The predicted molar refractivity (Wildman–Crippen MR) is 104 cm³/mol. The molecule has 1 aromatic heterocycles. The van der Waals surface area contributed by atoms with Gasteiger partial charge < -0.3 is 9.80 Å². The van der Waals surface area contributed by atoms with E-state index < -0.39 is 0 Å². The molecule has 2 amide bonds. The van der Waals surface area contributed by atoms with Gasteiger partial charge in [0.1, 0.15) is 11.5 Å². The largest absolute Gasteiger partial charge is 0.343 e. The zero-order valence-corrected chi connectivity index (χ0v) is 16.2. The fourth-order valence-corrected chi connectivity index (χ4v) is 3.55. The van der Waals surface area contributed by atoms with Crippen LogP contribution in [-0.2, 0) is 6.42 Å². The van der Waals surface area contributed by atoms with Crippen molar-refractivity contribution >= 4 is 11.8 Å². The zero-order chi connectivity index (χ0) is 19.4. The molecule has 0 aliphatic carbocycles. The van der Waals surface area contributed by atoms with E-state index in [1.807, 2.05) is 42.2 Å². The number of benzene rings is 1. The van der Waals surface area contributed by atoms with Gasteiger partial charge >= 0.3 is 0 Å². The molecule has 1 aromatic carbocycles. The lowest BCUT2D eigenvalue weighted by Gasteiger charge is -2.33. The summed E-state index contributed by atoms with van der Waals surface area (Å²) in [5.74, 6) is 0.905. The number of hydrogen-bond donors (Lipinski definition) is 0. The van der Waals surface area contributed by atoms with Crippen LogP contribution in [0.1, 0.15) is 45.2 Å². The summed E-state index contributed by atoms with van der Waals surface area (Å²) in [7, 11) is 3.43. The average molecular weight is 366 g/mol. The van der Waals surface area contributed by atoms with Crippen LogP contribution in [0.3, 0.4) is 0 Å². The van der Waals surface area contributed by atoms with Crippen molar-refractivity contribution in [2.75, 3.05) is 27.2 Å². The fourth-order valence-electron chi connectivity index (χ4n) is 3.55. The van der Waals surface area contributed by atoms with Gasteiger partial charge in [-0.15, -0.1) is 0 Å². The maximum atomic E-state index is 12.7. The summed E-state index contributed by atoms with van der Waals surface area (Å²) >= 11 is 0. The first-order valence-electron chi connectivity index (χ1n) is 9.34. The van der Waals surface area contributed by atoms with Crippen molar-refractivity contribution < 1.29 is 9.59 Å². The first kappa shape index (κ1) is 19.0. The Morgan fingerprint density at radius 1 is 1.19 bits per heavy atom. The lowest BCUT2D eigenvalue weighted by atomic mass is 9.92. The molecule has 1 fully saturated rings. The van der Waals surface area contributed by atoms with Gasteiger partial charge in [0.05, 0.1) is 0 Å². The molecule has 1 aliphatic rings. The van der Waals surface area contributed by atoms with Crippen molar-refractivity contribution in [3.05, 3.63) is 59.2 Å². The number of hydrogen-bond acceptors (Lipinski definition) is 4. The Morgan fingerprint density at radius 3 is 2.63 bits per heavy atom. The van der Waals surface area contributed by atoms with Crippen molar-refractivity contribution in [3.63, 3.8) is 0 Å². The van der Waals surface area contributed by atoms with Crippen molar-refractivity contribution in [1.29, 1.82) is 0 Å². The zero-order valence-electron chi connectivity index (χ0n) is 16.2. The molecule has 2 aromatic rings. The molecule has 3 rings (SSSR count). The predicted octanol–water partition coefficient (Wildman–Crippen LogP) is 2.58. The van der Waals surface area contributed by atoms with E-state index in [2.05, 4.69) is 9.97 Å². The highest BCUT2D eigenvalue weighted by atomic mass is 16.2. The second-order valence-corrected chi connectivity index (χ2v) is 7.32. The molecule has 27 heavy (non-hydrogen) atoms. The lowest BCUT2D eigenvalue weighted by Crippen LogP contribution is -2.40. The standard InChI is InChI=1S/C21H26N4O2/c1-15-22-18(13-19(23-15)21(27)24(2)3)12-16-8-7-11-25(14-16)20(26)17-9-5-4-6-10-17/h4-6,9-10,13,16H,7-8,11-12,14H2,1-3H3. The minimum atomic E-state index is -0.119. The van der Waals surface area contributed by atoms with Crippen LogP contribution in [0.25, 0.3) is 0 Å². The van der Waals surface area contributed by atoms with Crippen molar-refractivity contribution in [2.24, 2.45) is 5.92 Å². The molecule has 0 radical (unpaired) electrons. The molecule has 1 atom stereocenters. The van der Waals surface area contributed by atoms with Gasteiger partial charge in [0.2, 0.25) is 0 Å².